The molecule has 0 aliphatic carbocycles. The second-order valence-electron chi connectivity index (χ2n) is 11.0. The Labute approximate surface area is 249 Å². The van der Waals surface area contributed by atoms with Crippen LogP contribution in [-0.4, -0.2) is 79.5 Å². The van der Waals surface area contributed by atoms with Crippen molar-refractivity contribution in [3.63, 3.8) is 0 Å². The average molecular weight is 571 g/mol. The normalized spacial score (nSPS) is 16.4. The molecule has 3 aromatic rings. The number of benzene rings is 2. The maximum atomic E-state index is 13.5. The number of para-hydroxylation sites is 1. The number of nitrogens with one attached hydrogen (secondary N) is 1. The van der Waals surface area contributed by atoms with Gasteiger partial charge >= 0.3 is 0 Å². The number of nitrogens with zero attached hydrogens (tertiary/aromatic N) is 5. The summed E-state index contributed by atoms with van der Waals surface area (Å²) in [6.07, 6.45) is 4.95. The van der Waals surface area contributed by atoms with Gasteiger partial charge in [0.25, 0.3) is 11.8 Å². The van der Waals surface area contributed by atoms with Crippen LogP contribution in [-0.2, 0) is 0 Å². The maximum Gasteiger partial charge on any atom is 0.260 e. The van der Waals surface area contributed by atoms with Gasteiger partial charge in [0.05, 0.1) is 41.1 Å². The molecule has 42 heavy (non-hydrogen) atoms. The van der Waals surface area contributed by atoms with E-state index in [4.69, 9.17) is 4.74 Å². The lowest BCUT2D eigenvalue weighted by Gasteiger charge is -2.28. The van der Waals surface area contributed by atoms with E-state index in [0.29, 0.717) is 35.3 Å². The highest BCUT2D eigenvalue weighted by molar-refractivity contribution is 6.13. The van der Waals surface area contributed by atoms with Crippen molar-refractivity contribution in [2.45, 2.75) is 46.1 Å². The second-order valence-corrected chi connectivity index (χ2v) is 11.0. The van der Waals surface area contributed by atoms with E-state index in [1.165, 1.54) is 0 Å². The molecule has 1 atom stereocenters. The van der Waals surface area contributed by atoms with Crippen LogP contribution in [0.15, 0.2) is 54.7 Å². The molecule has 0 bridgehead atoms. The zero-order valence-corrected chi connectivity index (χ0v) is 25.4. The summed E-state index contributed by atoms with van der Waals surface area (Å²) >= 11 is 0. The standard InChI is InChI=1S/C33H42N6O3/c1-6-16-38(17-7-2)24-15-18-39(22-24)32(40)23-13-14-26(30(19-23)42-8-3)35-31-20-28-29(21-34-31)37(5)33(41)25-11-9-10-12-27(25)36(28)4/h9-14,19-21,24H,6-8,15-18,22H2,1-5H3,(H,34,35). The van der Waals surface area contributed by atoms with Gasteiger partial charge in [0.2, 0.25) is 0 Å². The molecule has 2 amide bonds. The van der Waals surface area contributed by atoms with E-state index >= 15 is 0 Å². The van der Waals surface area contributed by atoms with E-state index in [9.17, 15) is 9.59 Å². The van der Waals surface area contributed by atoms with Crippen molar-refractivity contribution >= 4 is 40.4 Å². The van der Waals surface area contributed by atoms with Gasteiger partial charge in [-0.25, -0.2) is 4.98 Å². The molecule has 2 aliphatic rings. The van der Waals surface area contributed by atoms with Crippen LogP contribution < -0.4 is 19.9 Å². The molecule has 0 radical (unpaired) electrons. The highest BCUT2D eigenvalue weighted by Crippen LogP contribution is 2.40. The number of rotatable bonds is 10. The lowest BCUT2D eigenvalue weighted by Crippen LogP contribution is -2.39. The van der Waals surface area contributed by atoms with Crippen LogP contribution in [0.5, 0.6) is 5.75 Å². The molecule has 2 aliphatic heterocycles. The predicted octanol–water partition coefficient (Wildman–Crippen LogP) is 5.92. The van der Waals surface area contributed by atoms with E-state index in [0.717, 1.165) is 68.2 Å². The molecule has 9 nitrogen and oxygen atoms in total. The number of amides is 2. The molecule has 1 unspecified atom stereocenters. The third kappa shape index (κ3) is 5.79. The van der Waals surface area contributed by atoms with Crippen molar-refractivity contribution in [3.8, 4) is 5.75 Å². The minimum Gasteiger partial charge on any atom is -0.492 e. The summed E-state index contributed by atoms with van der Waals surface area (Å²) in [5, 5.41) is 3.39. The van der Waals surface area contributed by atoms with Crippen molar-refractivity contribution in [1.82, 2.24) is 14.8 Å². The molecule has 0 spiro atoms. The third-order valence-corrected chi connectivity index (χ3v) is 8.16. The van der Waals surface area contributed by atoms with Crippen LogP contribution >= 0.6 is 0 Å². The molecule has 0 saturated carbocycles. The first-order valence-electron chi connectivity index (χ1n) is 15.0. The summed E-state index contributed by atoms with van der Waals surface area (Å²) in [6, 6.07) is 15.5. The predicted molar refractivity (Wildman–Crippen MR) is 169 cm³/mol. The molecule has 1 aromatic heterocycles. The van der Waals surface area contributed by atoms with Crippen molar-refractivity contribution < 1.29 is 14.3 Å². The fraction of sp³-hybridized carbons (Fsp3) is 0.424. The topological polar surface area (TPSA) is 81.2 Å². The zero-order valence-electron chi connectivity index (χ0n) is 25.4. The number of hydrogen-bond acceptors (Lipinski definition) is 7. The van der Waals surface area contributed by atoms with Gasteiger partial charge in [-0.05, 0) is 69.6 Å². The number of fused-ring (bicyclic) bond motifs is 2. The first-order valence-corrected chi connectivity index (χ1v) is 15.0. The van der Waals surface area contributed by atoms with Gasteiger partial charge in [-0.3, -0.25) is 14.5 Å². The molecule has 1 saturated heterocycles. The number of carbonyl (C=O) groups is 2. The summed E-state index contributed by atoms with van der Waals surface area (Å²) in [5.41, 5.74) is 4.38. The van der Waals surface area contributed by atoms with Gasteiger partial charge in [0.15, 0.2) is 0 Å². The van der Waals surface area contributed by atoms with Crippen LogP contribution in [0.2, 0.25) is 0 Å². The molecular formula is C33H42N6O3. The number of aromatic nitrogens is 1. The zero-order chi connectivity index (χ0) is 29.8. The van der Waals surface area contributed by atoms with Crippen LogP contribution in [0.1, 0.15) is 60.7 Å². The summed E-state index contributed by atoms with van der Waals surface area (Å²) in [4.78, 5) is 39.4. The van der Waals surface area contributed by atoms with Crippen LogP contribution in [0, 0.1) is 0 Å². The highest BCUT2D eigenvalue weighted by atomic mass is 16.5. The molecule has 5 rings (SSSR count). The van der Waals surface area contributed by atoms with Gasteiger partial charge in [0, 0.05) is 44.9 Å². The Morgan fingerprint density at radius 3 is 2.50 bits per heavy atom. The van der Waals surface area contributed by atoms with E-state index in [-0.39, 0.29) is 11.8 Å². The Bertz CT molecular complexity index is 1440. The summed E-state index contributed by atoms with van der Waals surface area (Å²) in [6.45, 7) is 10.5. The number of likely N-dealkylation sites (tertiary alicyclic amines) is 1. The minimum absolute atomic E-state index is 0.0362. The highest BCUT2D eigenvalue weighted by Gasteiger charge is 2.31. The Morgan fingerprint density at radius 2 is 1.76 bits per heavy atom. The Balaban J connectivity index is 1.37. The Hall–Kier alpha value is -4.11. The monoisotopic (exact) mass is 570 g/mol. The average Bonchev–Trinajstić information content (AvgIpc) is 3.48. The van der Waals surface area contributed by atoms with Gasteiger partial charge in [-0.15, -0.1) is 0 Å². The van der Waals surface area contributed by atoms with Crippen LogP contribution in [0.3, 0.4) is 0 Å². The molecule has 2 aromatic carbocycles. The summed E-state index contributed by atoms with van der Waals surface area (Å²) < 4.78 is 5.98. The van der Waals surface area contributed by atoms with Gasteiger partial charge in [-0.2, -0.15) is 0 Å². The maximum absolute atomic E-state index is 13.5. The van der Waals surface area contributed by atoms with Gasteiger partial charge in [-0.1, -0.05) is 26.0 Å². The van der Waals surface area contributed by atoms with E-state index < -0.39 is 0 Å². The number of carbonyl (C=O) groups excluding carboxylic acids is 2. The quantitative estimate of drug-likeness (QED) is 0.324. The first kappa shape index (κ1) is 29.4. The van der Waals surface area contributed by atoms with Crippen LogP contribution in [0.4, 0.5) is 28.6 Å². The SMILES string of the molecule is CCCN(CCC)C1CCN(C(=O)c2ccc(Nc3cc4c(cn3)N(C)C(=O)c3ccccc3N4C)c(OCC)c2)C1. The molecule has 9 heteroatoms. The summed E-state index contributed by atoms with van der Waals surface area (Å²) in [5.74, 6) is 1.16. The number of hydrogen-bond donors (Lipinski definition) is 1. The van der Waals surface area contributed by atoms with E-state index in [2.05, 4.69) is 29.0 Å². The molecular weight excluding hydrogens is 528 g/mol. The van der Waals surface area contributed by atoms with E-state index in [1.807, 2.05) is 72.3 Å². The largest absolute Gasteiger partial charge is 0.492 e. The second kappa shape index (κ2) is 12.8. The molecule has 3 heterocycles. The van der Waals surface area contributed by atoms with Crippen LogP contribution in [0.25, 0.3) is 0 Å². The summed E-state index contributed by atoms with van der Waals surface area (Å²) in [7, 11) is 3.72. The van der Waals surface area contributed by atoms with Crippen molar-refractivity contribution in [2.24, 2.45) is 0 Å². The van der Waals surface area contributed by atoms with Gasteiger partial charge in [0.1, 0.15) is 11.6 Å². The van der Waals surface area contributed by atoms with Crippen molar-refractivity contribution in [1.29, 1.82) is 0 Å². The fourth-order valence-electron chi connectivity index (χ4n) is 6.03. The number of ether oxygens (including phenoxy) is 1. The lowest BCUT2D eigenvalue weighted by atomic mass is 10.1. The van der Waals surface area contributed by atoms with E-state index in [1.54, 1.807) is 18.1 Å². The molecule has 1 N–H and O–H groups in total. The number of anilines is 5. The third-order valence-electron chi connectivity index (χ3n) is 8.16. The van der Waals surface area contributed by atoms with Crippen molar-refractivity contribution in [2.75, 3.05) is 62.0 Å². The number of pyridine rings is 1. The fourth-order valence-corrected chi connectivity index (χ4v) is 6.03. The smallest absolute Gasteiger partial charge is 0.260 e. The molecule has 1 fully saturated rings. The lowest BCUT2D eigenvalue weighted by molar-refractivity contribution is 0.0775. The Kier molecular flexibility index (Phi) is 8.97. The minimum atomic E-state index is -0.0784. The first-order chi connectivity index (χ1) is 20.4. The van der Waals surface area contributed by atoms with Gasteiger partial charge < -0.3 is 24.8 Å². The molecule has 222 valence electrons. The Morgan fingerprint density at radius 1 is 1.00 bits per heavy atom. The van der Waals surface area contributed by atoms with Crippen molar-refractivity contribution in [3.05, 3.63) is 65.9 Å².